The van der Waals surface area contributed by atoms with Gasteiger partial charge in [-0.2, -0.15) is 0 Å². The van der Waals surface area contributed by atoms with Gasteiger partial charge >= 0.3 is 0 Å². The predicted molar refractivity (Wildman–Crippen MR) is 83.5 cm³/mol. The van der Waals surface area contributed by atoms with Crippen LogP contribution in [0.1, 0.15) is 20.8 Å². The molecule has 1 heterocycles. The SMILES string of the molecule is Cc1sc(Br)cc1C(Br)Cc1c(F)cccc1Cl. The van der Waals surface area contributed by atoms with Gasteiger partial charge in [0.05, 0.1) is 3.79 Å². The first-order valence-corrected chi connectivity index (χ1v) is 8.22. The molecule has 1 unspecified atom stereocenters. The van der Waals surface area contributed by atoms with Crippen molar-refractivity contribution in [3.05, 3.63) is 54.9 Å². The van der Waals surface area contributed by atoms with E-state index in [2.05, 4.69) is 44.8 Å². The highest BCUT2D eigenvalue weighted by atomic mass is 79.9. The average molecular weight is 413 g/mol. The molecule has 0 radical (unpaired) electrons. The van der Waals surface area contributed by atoms with Crippen molar-refractivity contribution >= 4 is 54.8 Å². The highest BCUT2D eigenvalue weighted by molar-refractivity contribution is 9.11. The maximum absolute atomic E-state index is 13.7. The van der Waals surface area contributed by atoms with Crippen molar-refractivity contribution in [3.8, 4) is 0 Å². The summed E-state index contributed by atoms with van der Waals surface area (Å²) in [6.07, 6.45) is 0.537. The number of halogens is 4. The quantitative estimate of drug-likeness (QED) is 0.520. The Labute approximate surface area is 131 Å². The second kappa shape index (κ2) is 6.04. The van der Waals surface area contributed by atoms with Gasteiger partial charge in [0.1, 0.15) is 5.82 Å². The highest BCUT2D eigenvalue weighted by Gasteiger charge is 2.17. The molecule has 0 bridgehead atoms. The van der Waals surface area contributed by atoms with E-state index in [1.54, 1.807) is 23.5 Å². The minimum Gasteiger partial charge on any atom is -0.207 e. The molecule has 0 aliphatic carbocycles. The molecule has 0 aliphatic rings. The van der Waals surface area contributed by atoms with Gasteiger partial charge in [-0.1, -0.05) is 33.6 Å². The molecule has 2 aromatic rings. The normalized spacial score (nSPS) is 12.7. The van der Waals surface area contributed by atoms with Gasteiger partial charge in [-0.15, -0.1) is 11.3 Å². The summed E-state index contributed by atoms with van der Waals surface area (Å²) in [6.45, 7) is 2.06. The van der Waals surface area contributed by atoms with Crippen molar-refractivity contribution in [3.63, 3.8) is 0 Å². The van der Waals surface area contributed by atoms with E-state index in [0.717, 1.165) is 3.79 Å². The molecule has 96 valence electrons. The van der Waals surface area contributed by atoms with E-state index in [1.807, 2.05) is 0 Å². The lowest BCUT2D eigenvalue weighted by Gasteiger charge is -2.11. The van der Waals surface area contributed by atoms with Gasteiger partial charge < -0.3 is 0 Å². The van der Waals surface area contributed by atoms with E-state index in [0.29, 0.717) is 17.0 Å². The van der Waals surface area contributed by atoms with Crippen LogP contribution in [0.3, 0.4) is 0 Å². The van der Waals surface area contributed by atoms with Crippen molar-refractivity contribution in [1.29, 1.82) is 0 Å². The smallest absolute Gasteiger partial charge is 0.127 e. The Morgan fingerprint density at radius 1 is 1.44 bits per heavy atom. The minimum atomic E-state index is -0.251. The maximum atomic E-state index is 13.7. The number of aryl methyl sites for hydroxylation is 1. The van der Waals surface area contributed by atoms with Crippen LogP contribution in [0.15, 0.2) is 28.1 Å². The first-order valence-electron chi connectivity index (χ1n) is 5.32. The third kappa shape index (κ3) is 3.16. The first-order chi connectivity index (χ1) is 8.49. The fraction of sp³-hybridized carbons (Fsp3) is 0.231. The topological polar surface area (TPSA) is 0 Å². The molecule has 0 aliphatic heterocycles. The van der Waals surface area contributed by atoms with Gasteiger partial charge in [-0.05, 0) is 53.0 Å². The van der Waals surface area contributed by atoms with E-state index in [-0.39, 0.29) is 10.6 Å². The summed E-state index contributed by atoms with van der Waals surface area (Å²) in [7, 11) is 0. The van der Waals surface area contributed by atoms with Crippen LogP contribution in [-0.4, -0.2) is 0 Å². The van der Waals surface area contributed by atoms with Crippen molar-refractivity contribution in [2.75, 3.05) is 0 Å². The zero-order valence-electron chi connectivity index (χ0n) is 9.51. The monoisotopic (exact) mass is 410 g/mol. The Kier molecular flexibility index (Phi) is 4.86. The molecule has 18 heavy (non-hydrogen) atoms. The van der Waals surface area contributed by atoms with Crippen molar-refractivity contribution < 1.29 is 4.39 Å². The lowest BCUT2D eigenvalue weighted by atomic mass is 10.0. The summed E-state index contributed by atoms with van der Waals surface area (Å²) < 4.78 is 14.8. The van der Waals surface area contributed by atoms with Crippen LogP contribution >= 0.6 is 54.8 Å². The molecular weight excluding hydrogens is 402 g/mol. The van der Waals surface area contributed by atoms with E-state index in [9.17, 15) is 4.39 Å². The van der Waals surface area contributed by atoms with Crippen LogP contribution in [0.25, 0.3) is 0 Å². The zero-order chi connectivity index (χ0) is 13.3. The van der Waals surface area contributed by atoms with E-state index < -0.39 is 0 Å². The molecule has 2 rings (SSSR count). The third-order valence-corrected chi connectivity index (χ3v) is 5.45. The van der Waals surface area contributed by atoms with Crippen LogP contribution in [-0.2, 0) is 6.42 Å². The van der Waals surface area contributed by atoms with Gasteiger partial charge in [0.15, 0.2) is 0 Å². The van der Waals surface area contributed by atoms with Gasteiger partial charge in [0, 0.05) is 20.3 Å². The van der Waals surface area contributed by atoms with Gasteiger partial charge in [0.25, 0.3) is 0 Å². The summed E-state index contributed by atoms with van der Waals surface area (Å²) in [5.74, 6) is -0.251. The zero-order valence-corrected chi connectivity index (χ0v) is 14.3. The molecule has 0 fully saturated rings. The second-order valence-corrected chi connectivity index (χ2v) is 8.08. The largest absolute Gasteiger partial charge is 0.207 e. The summed E-state index contributed by atoms with van der Waals surface area (Å²) in [4.78, 5) is 1.28. The molecule has 1 atom stereocenters. The van der Waals surface area contributed by atoms with E-state index in [4.69, 9.17) is 11.6 Å². The lowest BCUT2D eigenvalue weighted by molar-refractivity contribution is 0.608. The number of rotatable bonds is 3. The molecule has 0 amide bonds. The van der Waals surface area contributed by atoms with E-state index >= 15 is 0 Å². The number of hydrogen-bond acceptors (Lipinski definition) is 1. The number of hydrogen-bond donors (Lipinski definition) is 0. The van der Waals surface area contributed by atoms with Crippen LogP contribution in [0.4, 0.5) is 4.39 Å². The number of alkyl halides is 1. The third-order valence-electron chi connectivity index (χ3n) is 2.71. The van der Waals surface area contributed by atoms with Crippen molar-refractivity contribution in [1.82, 2.24) is 0 Å². The number of thiophene rings is 1. The van der Waals surface area contributed by atoms with E-state index in [1.165, 1.54) is 16.5 Å². The standard InChI is InChI=1S/C13H10Br2ClFS/c1-7-8(6-13(15)18-7)10(14)5-9-11(16)3-2-4-12(9)17/h2-4,6,10H,5H2,1H3. The second-order valence-electron chi connectivity index (χ2n) is 3.93. The average Bonchev–Trinajstić information content (AvgIpc) is 2.63. The fourth-order valence-corrected chi connectivity index (χ4v) is 4.75. The van der Waals surface area contributed by atoms with Gasteiger partial charge in [0.2, 0.25) is 0 Å². The van der Waals surface area contributed by atoms with Crippen molar-refractivity contribution in [2.24, 2.45) is 0 Å². The van der Waals surface area contributed by atoms with Crippen molar-refractivity contribution in [2.45, 2.75) is 18.2 Å². The molecule has 0 spiro atoms. The summed E-state index contributed by atoms with van der Waals surface area (Å²) in [6, 6.07) is 6.85. The Balaban J connectivity index is 2.26. The highest BCUT2D eigenvalue weighted by Crippen LogP contribution is 2.37. The van der Waals surface area contributed by atoms with Crippen LogP contribution in [0.2, 0.25) is 5.02 Å². The molecule has 0 saturated heterocycles. The summed E-state index contributed by atoms with van der Waals surface area (Å²) >= 11 is 14.8. The Morgan fingerprint density at radius 2 is 2.17 bits per heavy atom. The molecule has 0 nitrogen and oxygen atoms in total. The minimum absolute atomic E-state index is 0.0643. The maximum Gasteiger partial charge on any atom is 0.127 e. The number of benzene rings is 1. The van der Waals surface area contributed by atoms with Crippen LogP contribution < -0.4 is 0 Å². The Morgan fingerprint density at radius 3 is 2.72 bits per heavy atom. The molecular formula is C13H10Br2ClFS. The molecule has 1 aromatic heterocycles. The molecule has 0 N–H and O–H groups in total. The first kappa shape index (κ1) is 14.5. The van der Waals surface area contributed by atoms with Gasteiger partial charge in [-0.25, -0.2) is 4.39 Å². The summed E-state index contributed by atoms with van der Waals surface area (Å²) in [5, 5.41) is 0.478. The summed E-state index contributed by atoms with van der Waals surface area (Å²) in [5.41, 5.74) is 1.73. The Hall–Kier alpha value is 0.1000. The molecule has 5 heteroatoms. The fourth-order valence-electron chi connectivity index (χ4n) is 1.79. The predicted octanol–water partition coefficient (Wildman–Crippen LogP) is 6.29. The molecule has 0 saturated carbocycles. The molecule has 1 aromatic carbocycles. The van der Waals surface area contributed by atoms with Crippen LogP contribution in [0, 0.1) is 12.7 Å². The van der Waals surface area contributed by atoms with Crippen LogP contribution in [0.5, 0.6) is 0 Å². The Bertz CT molecular complexity index is 548. The van der Waals surface area contributed by atoms with Gasteiger partial charge in [-0.3, -0.25) is 0 Å². The lowest BCUT2D eigenvalue weighted by Crippen LogP contribution is -1.99.